The second kappa shape index (κ2) is 6.66. The van der Waals surface area contributed by atoms with Crippen molar-refractivity contribution in [2.24, 2.45) is 0 Å². The maximum atomic E-state index is 12.3. The van der Waals surface area contributed by atoms with E-state index in [1.807, 2.05) is 6.92 Å². The zero-order chi connectivity index (χ0) is 17.3. The summed E-state index contributed by atoms with van der Waals surface area (Å²) in [6.45, 7) is 2.30. The zero-order valence-corrected chi connectivity index (χ0v) is 14.6. The average Bonchev–Trinajstić information content (AvgIpc) is 2.93. The van der Waals surface area contributed by atoms with Crippen molar-refractivity contribution < 1.29 is 14.3 Å². The van der Waals surface area contributed by atoms with Crippen LogP contribution in [0.25, 0.3) is 0 Å². The van der Waals surface area contributed by atoms with Crippen LogP contribution in [0, 0.1) is 6.92 Å². The standard InChI is InChI=1S/C15H15ClN4O3S/c1-8-17-5-9(24-8)6-20(2)15(22)19-11-4-13-12(3-10(11)16)18-14(21)7-23-13/h3-5H,6-7H2,1-2H3,(H,18,21)(H,19,22). The van der Waals surface area contributed by atoms with Crippen molar-refractivity contribution >= 4 is 46.3 Å². The van der Waals surface area contributed by atoms with Crippen LogP contribution >= 0.6 is 22.9 Å². The zero-order valence-electron chi connectivity index (χ0n) is 13.1. The van der Waals surface area contributed by atoms with Gasteiger partial charge in [-0.25, -0.2) is 9.78 Å². The van der Waals surface area contributed by atoms with Crippen molar-refractivity contribution in [1.82, 2.24) is 9.88 Å². The molecule has 3 rings (SSSR count). The number of hydrogen-bond acceptors (Lipinski definition) is 5. The van der Waals surface area contributed by atoms with E-state index < -0.39 is 0 Å². The van der Waals surface area contributed by atoms with Crippen LogP contribution in [-0.4, -0.2) is 35.5 Å². The number of anilines is 2. The molecule has 0 saturated heterocycles. The number of hydrogen-bond donors (Lipinski definition) is 2. The molecule has 0 saturated carbocycles. The molecule has 1 aromatic heterocycles. The Kier molecular flexibility index (Phi) is 4.59. The Balaban J connectivity index is 1.71. The molecule has 9 heteroatoms. The fourth-order valence-corrected chi connectivity index (χ4v) is 3.25. The van der Waals surface area contributed by atoms with Gasteiger partial charge in [-0.05, 0) is 13.0 Å². The van der Waals surface area contributed by atoms with Crippen LogP contribution in [-0.2, 0) is 11.3 Å². The molecule has 7 nitrogen and oxygen atoms in total. The maximum absolute atomic E-state index is 12.3. The lowest BCUT2D eigenvalue weighted by atomic mass is 10.2. The molecule has 2 heterocycles. The lowest BCUT2D eigenvalue weighted by molar-refractivity contribution is -0.118. The number of rotatable bonds is 3. The third-order valence-electron chi connectivity index (χ3n) is 3.35. The van der Waals surface area contributed by atoms with Gasteiger partial charge in [-0.2, -0.15) is 0 Å². The van der Waals surface area contributed by atoms with Crippen LogP contribution in [0.2, 0.25) is 5.02 Å². The second-order valence-corrected chi connectivity index (χ2v) is 7.02. The average molecular weight is 367 g/mol. The van der Waals surface area contributed by atoms with Crippen LogP contribution in [0.1, 0.15) is 9.88 Å². The largest absolute Gasteiger partial charge is 0.482 e. The molecule has 2 aromatic rings. The molecule has 0 bridgehead atoms. The Morgan fingerprint density at radius 1 is 1.54 bits per heavy atom. The Hall–Kier alpha value is -2.32. The number of aryl methyl sites for hydroxylation is 1. The van der Waals surface area contributed by atoms with Gasteiger partial charge in [-0.1, -0.05) is 11.6 Å². The SMILES string of the molecule is Cc1ncc(CN(C)C(=O)Nc2cc3c(cc2Cl)NC(=O)CO3)s1. The first-order valence-corrected chi connectivity index (χ1v) is 8.31. The minimum atomic E-state index is -0.303. The summed E-state index contributed by atoms with van der Waals surface area (Å²) in [5.74, 6) is 0.227. The molecule has 3 amide bonds. The number of thiazole rings is 1. The summed E-state index contributed by atoms with van der Waals surface area (Å²) >= 11 is 7.72. The predicted molar refractivity (Wildman–Crippen MR) is 92.9 cm³/mol. The van der Waals surface area contributed by atoms with E-state index in [0.29, 0.717) is 28.7 Å². The number of nitrogens with zero attached hydrogens (tertiary/aromatic N) is 2. The van der Waals surface area contributed by atoms with E-state index >= 15 is 0 Å². The number of halogens is 1. The first kappa shape index (κ1) is 16.5. The number of carbonyl (C=O) groups is 2. The summed E-state index contributed by atoms with van der Waals surface area (Å²) in [4.78, 5) is 30.3. The highest BCUT2D eigenvalue weighted by Gasteiger charge is 2.20. The van der Waals surface area contributed by atoms with Crippen LogP contribution in [0.4, 0.5) is 16.2 Å². The number of benzene rings is 1. The molecule has 2 N–H and O–H groups in total. The van der Waals surface area contributed by atoms with Gasteiger partial charge in [0.2, 0.25) is 0 Å². The van der Waals surface area contributed by atoms with Crippen molar-refractivity contribution in [2.45, 2.75) is 13.5 Å². The van der Waals surface area contributed by atoms with Crippen LogP contribution in [0.3, 0.4) is 0 Å². The Morgan fingerprint density at radius 3 is 3.04 bits per heavy atom. The molecule has 1 aromatic carbocycles. The van der Waals surface area contributed by atoms with E-state index in [-0.39, 0.29) is 18.5 Å². The van der Waals surface area contributed by atoms with E-state index in [1.54, 1.807) is 36.7 Å². The van der Waals surface area contributed by atoms with Crippen LogP contribution in [0.15, 0.2) is 18.3 Å². The van der Waals surface area contributed by atoms with Gasteiger partial charge in [0.05, 0.1) is 27.9 Å². The fourth-order valence-electron chi connectivity index (χ4n) is 2.19. The van der Waals surface area contributed by atoms with Gasteiger partial charge in [0.1, 0.15) is 5.75 Å². The molecular formula is C15H15ClN4O3S. The Morgan fingerprint density at radius 2 is 2.33 bits per heavy atom. The van der Waals surface area contributed by atoms with Crippen molar-refractivity contribution in [3.05, 3.63) is 33.2 Å². The van der Waals surface area contributed by atoms with E-state index in [9.17, 15) is 9.59 Å². The fraction of sp³-hybridized carbons (Fsp3) is 0.267. The number of fused-ring (bicyclic) bond motifs is 1. The number of aromatic nitrogens is 1. The van der Waals surface area contributed by atoms with Crippen molar-refractivity contribution in [3.63, 3.8) is 0 Å². The van der Waals surface area contributed by atoms with Crippen molar-refractivity contribution in [3.8, 4) is 5.75 Å². The first-order chi connectivity index (χ1) is 11.4. The Labute approximate surface area is 147 Å². The summed E-state index contributed by atoms with van der Waals surface area (Å²) in [6.07, 6.45) is 1.76. The monoisotopic (exact) mass is 366 g/mol. The summed E-state index contributed by atoms with van der Waals surface area (Å²) < 4.78 is 5.33. The molecule has 126 valence electrons. The smallest absolute Gasteiger partial charge is 0.321 e. The minimum absolute atomic E-state index is 0.0628. The quantitative estimate of drug-likeness (QED) is 0.874. The van der Waals surface area contributed by atoms with Gasteiger partial charge in [-0.3, -0.25) is 4.79 Å². The molecule has 1 aliphatic heterocycles. The molecule has 0 radical (unpaired) electrons. The van der Waals surface area contributed by atoms with E-state index in [1.165, 1.54) is 4.90 Å². The topological polar surface area (TPSA) is 83.6 Å². The van der Waals surface area contributed by atoms with Crippen molar-refractivity contribution in [2.75, 3.05) is 24.3 Å². The third-order valence-corrected chi connectivity index (χ3v) is 4.56. The molecule has 0 unspecified atom stereocenters. The number of carbonyl (C=O) groups excluding carboxylic acids is 2. The summed E-state index contributed by atoms with van der Waals surface area (Å²) in [5.41, 5.74) is 0.909. The van der Waals surface area contributed by atoms with Gasteiger partial charge in [0.15, 0.2) is 6.61 Å². The molecule has 0 spiro atoms. The van der Waals surface area contributed by atoms with Crippen LogP contribution < -0.4 is 15.4 Å². The van der Waals surface area contributed by atoms with Gasteiger partial charge >= 0.3 is 6.03 Å². The van der Waals surface area contributed by atoms with E-state index in [4.69, 9.17) is 16.3 Å². The first-order valence-electron chi connectivity index (χ1n) is 7.12. The van der Waals surface area contributed by atoms with Crippen LogP contribution in [0.5, 0.6) is 5.75 Å². The molecular weight excluding hydrogens is 352 g/mol. The molecule has 0 atom stereocenters. The minimum Gasteiger partial charge on any atom is -0.482 e. The molecule has 0 aliphatic carbocycles. The van der Waals surface area contributed by atoms with Gasteiger partial charge in [-0.15, -0.1) is 11.3 Å². The normalized spacial score (nSPS) is 12.9. The lowest BCUT2D eigenvalue weighted by Crippen LogP contribution is -2.31. The van der Waals surface area contributed by atoms with Crippen molar-refractivity contribution in [1.29, 1.82) is 0 Å². The molecule has 24 heavy (non-hydrogen) atoms. The Bertz CT molecular complexity index is 808. The lowest BCUT2D eigenvalue weighted by Gasteiger charge is -2.21. The molecule has 1 aliphatic rings. The molecule has 0 fully saturated rings. The number of ether oxygens (including phenoxy) is 1. The number of amides is 3. The van der Waals surface area contributed by atoms with Gasteiger partial charge < -0.3 is 20.3 Å². The highest BCUT2D eigenvalue weighted by atomic mass is 35.5. The number of urea groups is 1. The van der Waals surface area contributed by atoms with E-state index in [2.05, 4.69) is 15.6 Å². The van der Waals surface area contributed by atoms with Gasteiger partial charge in [0, 0.05) is 24.2 Å². The third kappa shape index (κ3) is 3.60. The number of nitrogens with one attached hydrogen (secondary N) is 2. The summed E-state index contributed by atoms with van der Waals surface area (Å²) in [6, 6.07) is 2.85. The predicted octanol–water partition coefficient (Wildman–Crippen LogP) is 3.10. The van der Waals surface area contributed by atoms with E-state index in [0.717, 1.165) is 9.88 Å². The van der Waals surface area contributed by atoms with Gasteiger partial charge in [0.25, 0.3) is 5.91 Å². The summed E-state index contributed by atoms with van der Waals surface area (Å²) in [7, 11) is 1.69. The second-order valence-electron chi connectivity index (χ2n) is 5.30. The summed E-state index contributed by atoms with van der Waals surface area (Å²) in [5, 5.41) is 6.68. The highest BCUT2D eigenvalue weighted by molar-refractivity contribution is 7.11. The highest BCUT2D eigenvalue weighted by Crippen LogP contribution is 2.36. The maximum Gasteiger partial charge on any atom is 0.321 e.